The molecule has 0 spiro atoms. The van der Waals surface area contributed by atoms with E-state index in [4.69, 9.17) is 9.84 Å². The average molecular weight is 423 g/mol. The average Bonchev–Trinajstić information content (AvgIpc) is 3.32. The molecule has 30 heavy (non-hydrogen) atoms. The fraction of sp³-hybridized carbons (Fsp3) is 0.783. The second-order valence-electron chi connectivity index (χ2n) is 8.50. The molecule has 4 atom stereocenters. The fourth-order valence-corrected chi connectivity index (χ4v) is 4.50. The fourth-order valence-electron chi connectivity index (χ4n) is 4.50. The molecular weight excluding hydrogens is 384 g/mol. The van der Waals surface area contributed by atoms with Gasteiger partial charge in [-0.15, -0.1) is 0 Å². The van der Waals surface area contributed by atoms with Crippen molar-refractivity contribution in [2.45, 2.75) is 89.8 Å². The van der Waals surface area contributed by atoms with Gasteiger partial charge in [0.15, 0.2) is 0 Å². The molecule has 0 aliphatic carbocycles. The van der Waals surface area contributed by atoms with Gasteiger partial charge in [-0.1, -0.05) is 38.3 Å². The number of allylic oxidation sites excluding steroid dienone is 2. The third-order valence-electron chi connectivity index (χ3n) is 6.17. The third-order valence-corrected chi connectivity index (χ3v) is 6.17. The lowest BCUT2D eigenvalue weighted by Crippen LogP contribution is -2.42. The topological polar surface area (TPSA) is 105 Å². The van der Waals surface area contributed by atoms with Crippen LogP contribution in [0.1, 0.15) is 77.6 Å². The molecule has 7 heteroatoms. The predicted molar refractivity (Wildman–Crippen MR) is 115 cm³/mol. The Bertz CT molecular complexity index is 592. The van der Waals surface area contributed by atoms with Crippen molar-refractivity contribution in [3.63, 3.8) is 0 Å². The normalized spacial score (nSPS) is 25.0. The quantitative estimate of drug-likeness (QED) is 0.278. The van der Waals surface area contributed by atoms with Crippen LogP contribution in [0.4, 0.5) is 0 Å². The SMILES string of the molecule is CCCCCCC(=O)NCC(=O)NC[C@H]1[C@H](CC=CCCCC(=O)O)[C@@H]2CC[C@@H]1O2. The zero-order chi connectivity index (χ0) is 21.8. The molecule has 0 saturated carbocycles. The standard InChI is InChI=1S/C23H38N2O5/c1-2-3-4-8-11-21(26)25-16-22(27)24-15-18-17(19-13-14-20(18)30-19)10-7-5-6-9-12-23(28)29/h5,7,17-20H,2-4,6,8-16H2,1H3,(H,24,27)(H,25,26)(H,28,29)/t17-,18-,19-,20-/m0/s1. The number of rotatable bonds is 15. The Kier molecular flexibility index (Phi) is 10.9. The number of fused-ring (bicyclic) bond motifs is 2. The van der Waals surface area contributed by atoms with Gasteiger partial charge >= 0.3 is 5.97 Å². The summed E-state index contributed by atoms with van der Waals surface area (Å²) >= 11 is 0. The van der Waals surface area contributed by atoms with Crippen molar-refractivity contribution in [3.05, 3.63) is 12.2 Å². The van der Waals surface area contributed by atoms with E-state index in [1.807, 2.05) is 0 Å². The van der Waals surface area contributed by atoms with Crippen molar-refractivity contribution in [1.82, 2.24) is 10.6 Å². The maximum absolute atomic E-state index is 12.2. The van der Waals surface area contributed by atoms with Crippen molar-refractivity contribution in [2.75, 3.05) is 13.1 Å². The Balaban J connectivity index is 1.66. The van der Waals surface area contributed by atoms with E-state index in [-0.39, 0.29) is 37.0 Å². The molecule has 2 aliphatic rings. The van der Waals surface area contributed by atoms with Crippen LogP contribution in [-0.2, 0) is 19.1 Å². The zero-order valence-corrected chi connectivity index (χ0v) is 18.2. The van der Waals surface area contributed by atoms with Gasteiger partial charge in [0.05, 0.1) is 18.8 Å². The lowest BCUT2D eigenvalue weighted by Gasteiger charge is -2.27. The number of carbonyl (C=O) groups excluding carboxylic acids is 2. The lowest BCUT2D eigenvalue weighted by atomic mass is 9.77. The van der Waals surface area contributed by atoms with E-state index < -0.39 is 5.97 Å². The maximum atomic E-state index is 12.2. The van der Waals surface area contributed by atoms with Crippen molar-refractivity contribution in [1.29, 1.82) is 0 Å². The molecule has 0 aromatic rings. The first kappa shape index (κ1) is 24.4. The first-order valence-corrected chi connectivity index (χ1v) is 11.6. The number of nitrogens with one attached hydrogen (secondary N) is 2. The Morgan fingerprint density at radius 2 is 1.70 bits per heavy atom. The second-order valence-corrected chi connectivity index (χ2v) is 8.50. The molecule has 2 saturated heterocycles. The smallest absolute Gasteiger partial charge is 0.303 e. The first-order chi connectivity index (χ1) is 14.5. The zero-order valence-electron chi connectivity index (χ0n) is 18.2. The molecule has 2 fully saturated rings. The molecule has 2 amide bonds. The molecule has 0 radical (unpaired) electrons. The molecule has 2 bridgehead atoms. The monoisotopic (exact) mass is 422 g/mol. The summed E-state index contributed by atoms with van der Waals surface area (Å²) in [5.74, 6) is -0.291. The highest BCUT2D eigenvalue weighted by atomic mass is 16.5. The van der Waals surface area contributed by atoms with Gasteiger partial charge in [-0.05, 0) is 44.4 Å². The van der Waals surface area contributed by atoms with E-state index >= 15 is 0 Å². The molecule has 7 nitrogen and oxygen atoms in total. The van der Waals surface area contributed by atoms with Crippen LogP contribution < -0.4 is 10.6 Å². The largest absolute Gasteiger partial charge is 0.481 e. The van der Waals surface area contributed by atoms with Crippen molar-refractivity contribution >= 4 is 17.8 Å². The number of unbranched alkanes of at least 4 members (excludes halogenated alkanes) is 4. The number of amides is 2. The van der Waals surface area contributed by atoms with Crippen molar-refractivity contribution < 1.29 is 24.2 Å². The van der Waals surface area contributed by atoms with Gasteiger partial charge in [-0.25, -0.2) is 0 Å². The van der Waals surface area contributed by atoms with Gasteiger partial charge in [-0.2, -0.15) is 0 Å². The number of hydrogen-bond donors (Lipinski definition) is 3. The molecule has 3 N–H and O–H groups in total. The molecule has 2 rings (SSSR count). The second kappa shape index (κ2) is 13.4. The number of aliphatic carboxylic acids is 1. The number of carboxylic acids is 1. The highest BCUT2D eigenvalue weighted by Gasteiger charge is 2.47. The first-order valence-electron chi connectivity index (χ1n) is 11.6. The van der Waals surface area contributed by atoms with Crippen molar-refractivity contribution in [3.8, 4) is 0 Å². The van der Waals surface area contributed by atoms with Crippen LogP contribution >= 0.6 is 0 Å². The van der Waals surface area contributed by atoms with E-state index in [9.17, 15) is 14.4 Å². The van der Waals surface area contributed by atoms with Crippen LogP contribution in [0.3, 0.4) is 0 Å². The minimum atomic E-state index is -0.756. The highest BCUT2D eigenvalue weighted by molar-refractivity contribution is 5.84. The van der Waals surface area contributed by atoms with Gasteiger partial charge in [0, 0.05) is 25.3 Å². The minimum absolute atomic E-state index is 0.0302. The van der Waals surface area contributed by atoms with Gasteiger partial charge in [0.25, 0.3) is 0 Å². The summed E-state index contributed by atoms with van der Waals surface area (Å²) in [6.45, 7) is 2.74. The summed E-state index contributed by atoms with van der Waals surface area (Å²) in [4.78, 5) is 34.5. The van der Waals surface area contributed by atoms with E-state index in [0.717, 1.165) is 51.4 Å². The minimum Gasteiger partial charge on any atom is -0.481 e. The van der Waals surface area contributed by atoms with Crippen LogP contribution in [0.25, 0.3) is 0 Å². The van der Waals surface area contributed by atoms with E-state index in [2.05, 4.69) is 29.7 Å². The van der Waals surface area contributed by atoms with Crippen LogP contribution in [0.2, 0.25) is 0 Å². The van der Waals surface area contributed by atoms with E-state index in [1.165, 1.54) is 0 Å². The summed E-state index contributed by atoms with van der Waals surface area (Å²) in [6, 6.07) is 0. The number of ether oxygens (including phenoxy) is 1. The Labute approximate surface area is 180 Å². The molecule has 0 aromatic carbocycles. The molecule has 170 valence electrons. The predicted octanol–water partition coefficient (Wildman–Crippen LogP) is 3.18. The lowest BCUT2D eigenvalue weighted by molar-refractivity contribution is -0.137. The van der Waals surface area contributed by atoms with Crippen LogP contribution in [-0.4, -0.2) is 48.2 Å². The van der Waals surface area contributed by atoms with Crippen LogP contribution in [0, 0.1) is 11.8 Å². The summed E-state index contributed by atoms with van der Waals surface area (Å²) in [5.41, 5.74) is 0. The van der Waals surface area contributed by atoms with E-state index in [1.54, 1.807) is 0 Å². The molecular formula is C23H38N2O5. The van der Waals surface area contributed by atoms with Gasteiger partial charge < -0.3 is 20.5 Å². The van der Waals surface area contributed by atoms with Crippen LogP contribution in [0.5, 0.6) is 0 Å². The summed E-state index contributed by atoms with van der Waals surface area (Å²) in [6.07, 6.45) is 13.9. The molecule has 2 heterocycles. The third kappa shape index (κ3) is 8.46. The highest BCUT2D eigenvalue weighted by Crippen LogP contribution is 2.44. The summed E-state index contributed by atoms with van der Waals surface area (Å²) in [7, 11) is 0. The Morgan fingerprint density at radius 3 is 2.43 bits per heavy atom. The van der Waals surface area contributed by atoms with E-state index in [0.29, 0.717) is 31.2 Å². The molecule has 0 unspecified atom stereocenters. The number of carboxylic acid groups (broad SMARTS) is 1. The maximum Gasteiger partial charge on any atom is 0.303 e. The van der Waals surface area contributed by atoms with Gasteiger partial charge in [0.1, 0.15) is 0 Å². The molecule has 2 aliphatic heterocycles. The number of hydrogen-bond acceptors (Lipinski definition) is 4. The summed E-state index contributed by atoms with van der Waals surface area (Å²) < 4.78 is 6.07. The molecule has 0 aromatic heterocycles. The van der Waals surface area contributed by atoms with Crippen molar-refractivity contribution in [2.24, 2.45) is 11.8 Å². The van der Waals surface area contributed by atoms with Crippen LogP contribution in [0.15, 0.2) is 12.2 Å². The number of carbonyl (C=O) groups is 3. The van der Waals surface area contributed by atoms with Gasteiger partial charge in [-0.3, -0.25) is 14.4 Å². The Hall–Kier alpha value is -1.89. The summed E-state index contributed by atoms with van der Waals surface area (Å²) in [5, 5.41) is 14.4. The Morgan fingerprint density at radius 1 is 0.933 bits per heavy atom. The van der Waals surface area contributed by atoms with Gasteiger partial charge in [0.2, 0.25) is 11.8 Å².